The Morgan fingerprint density at radius 1 is 1.29 bits per heavy atom. The van der Waals surface area contributed by atoms with Crippen LogP contribution in [0.4, 0.5) is 4.79 Å². The number of ether oxygens (including phenoxy) is 2. The summed E-state index contributed by atoms with van der Waals surface area (Å²) < 4.78 is 12.2. The van der Waals surface area contributed by atoms with Crippen LogP contribution >= 0.6 is 11.8 Å². The standard InChI is InChI=1S/C20H26N6O4S/c1-5-30-18(27)16-15(11-31-20-23-24-25-26(20)10-12(2)3)21-19(28)22-17(16)13-6-8-14(29-4)9-7-13/h6-9,12,17H,5,10-11H2,1-4H3,(H2,21,22,28). The van der Waals surface area contributed by atoms with Gasteiger partial charge in [-0.2, -0.15) is 0 Å². The molecule has 2 aromatic rings. The van der Waals surface area contributed by atoms with Crippen molar-refractivity contribution in [1.29, 1.82) is 0 Å². The van der Waals surface area contributed by atoms with Gasteiger partial charge < -0.3 is 20.1 Å². The molecule has 0 radical (unpaired) electrons. The number of carbonyl (C=O) groups is 2. The quantitative estimate of drug-likeness (QED) is 0.445. The van der Waals surface area contributed by atoms with Gasteiger partial charge in [0.2, 0.25) is 5.16 Å². The number of esters is 1. The fraction of sp³-hybridized carbons (Fsp3) is 0.450. The Hall–Kier alpha value is -3.08. The number of carbonyl (C=O) groups excluding carboxylic acids is 2. The second kappa shape index (κ2) is 10.3. The molecule has 0 saturated heterocycles. The van der Waals surface area contributed by atoms with Gasteiger partial charge in [-0.15, -0.1) is 5.10 Å². The molecule has 2 heterocycles. The molecule has 0 aliphatic carbocycles. The molecule has 2 N–H and O–H groups in total. The lowest BCUT2D eigenvalue weighted by atomic mass is 9.95. The van der Waals surface area contributed by atoms with Crippen LogP contribution in [-0.4, -0.2) is 51.7 Å². The summed E-state index contributed by atoms with van der Waals surface area (Å²) in [4.78, 5) is 25.2. The predicted octanol–water partition coefficient (Wildman–Crippen LogP) is 2.30. The number of rotatable bonds is 9. The van der Waals surface area contributed by atoms with Crippen molar-refractivity contribution >= 4 is 23.8 Å². The lowest BCUT2D eigenvalue weighted by Gasteiger charge is -2.29. The number of thioether (sulfide) groups is 1. The van der Waals surface area contributed by atoms with Crippen molar-refractivity contribution in [3.63, 3.8) is 0 Å². The molecular formula is C20H26N6O4S. The van der Waals surface area contributed by atoms with Gasteiger partial charge in [-0.05, 0) is 41.0 Å². The van der Waals surface area contributed by atoms with Crippen molar-refractivity contribution in [2.24, 2.45) is 5.92 Å². The summed E-state index contributed by atoms with van der Waals surface area (Å²) in [6.07, 6.45) is 0. The van der Waals surface area contributed by atoms with Crippen molar-refractivity contribution in [2.45, 2.75) is 38.5 Å². The van der Waals surface area contributed by atoms with Gasteiger partial charge in [0.15, 0.2) is 0 Å². The minimum absolute atomic E-state index is 0.221. The monoisotopic (exact) mass is 446 g/mol. The molecule has 3 rings (SSSR count). The van der Waals surface area contributed by atoms with E-state index in [0.29, 0.717) is 40.4 Å². The average Bonchev–Trinajstić information content (AvgIpc) is 3.18. The molecule has 11 heteroatoms. The normalized spacial score (nSPS) is 16.2. The van der Waals surface area contributed by atoms with Gasteiger partial charge >= 0.3 is 12.0 Å². The first kappa shape index (κ1) is 22.6. The topological polar surface area (TPSA) is 120 Å². The van der Waals surface area contributed by atoms with Gasteiger partial charge in [0.05, 0.1) is 25.3 Å². The minimum Gasteiger partial charge on any atom is -0.497 e. The summed E-state index contributed by atoms with van der Waals surface area (Å²) in [5.41, 5.74) is 1.56. The number of nitrogens with one attached hydrogen (secondary N) is 2. The molecule has 0 spiro atoms. The van der Waals surface area contributed by atoms with Crippen molar-refractivity contribution in [1.82, 2.24) is 30.8 Å². The van der Waals surface area contributed by atoms with Crippen LogP contribution in [0.2, 0.25) is 0 Å². The van der Waals surface area contributed by atoms with Crippen LogP contribution in [0.3, 0.4) is 0 Å². The maximum absolute atomic E-state index is 12.8. The highest BCUT2D eigenvalue weighted by Crippen LogP contribution is 2.31. The van der Waals surface area contributed by atoms with Gasteiger partial charge in [-0.25, -0.2) is 14.3 Å². The van der Waals surface area contributed by atoms with Crippen LogP contribution in [-0.2, 0) is 16.1 Å². The lowest BCUT2D eigenvalue weighted by molar-refractivity contribution is -0.139. The van der Waals surface area contributed by atoms with E-state index in [2.05, 4.69) is 40.0 Å². The molecule has 1 aromatic heterocycles. The zero-order valence-electron chi connectivity index (χ0n) is 17.9. The second-order valence-electron chi connectivity index (χ2n) is 7.24. The summed E-state index contributed by atoms with van der Waals surface area (Å²) in [6.45, 7) is 6.78. The number of hydrogen-bond acceptors (Lipinski definition) is 8. The largest absolute Gasteiger partial charge is 0.497 e. The van der Waals surface area contributed by atoms with Gasteiger partial charge in [0, 0.05) is 18.0 Å². The molecule has 1 aliphatic heterocycles. The summed E-state index contributed by atoms with van der Waals surface area (Å²) in [5.74, 6) is 0.856. The average molecular weight is 447 g/mol. The third-order valence-electron chi connectivity index (χ3n) is 4.48. The van der Waals surface area contributed by atoms with E-state index in [1.165, 1.54) is 11.8 Å². The first-order valence-corrected chi connectivity index (χ1v) is 10.9. The third kappa shape index (κ3) is 5.54. The molecule has 1 aromatic carbocycles. The highest BCUT2D eigenvalue weighted by atomic mass is 32.2. The Kier molecular flexibility index (Phi) is 7.50. The first-order valence-electron chi connectivity index (χ1n) is 9.93. The molecular weight excluding hydrogens is 420 g/mol. The zero-order valence-corrected chi connectivity index (χ0v) is 18.7. The molecule has 2 amide bonds. The zero-order chi connectivity index (χ0) is 22.4. The number of benzene rings is 1. The van der Waals surface area contributed by atoms with Crippen LogP contribution in [0.25, 0.3) is 0 Å². The highest BCUT2D eigenvalue weighted by Gasteiger charge is 2.34. The molecule has 166 valence electrons. The van der Waals surface area contributed by atoms with Gasteiger partial charge in [0.1, 0.15) is 5.75 Å². The highest BCUT2D eigenvalue weighted by molar-refractivity contribution is 7.99. The Bertz CT molecular complexity index is 957. The van der Waals surface area contributed by atoms with Gasteiger partial charge in [-0.3, -0.25) is 0 Å². The molecule has 31 heavy (non-hydrogen) atoms. The molecule has 10 nitrogen and oxygen atoms in total. The fourth-order valence-electron chi connectivity index (χ4n) is 3.13. The number of methoxy groups -OCH3 is 1. The summed E-state index contributed by atoms with van der Waals surface area (Å²) in [5, 5.41) is 18.0. The molecule has 1 unspecified atom stereocenters. The maximum atomic E-state index is 12.8. The summed E-state index contributed by atoms with van der Waals surface area (Å²) in [7, 11) is 1.58. The van der Waals surface area contributed by atoms with E-state index in [-0.39, 0.29) is 6.61 Å². The van der Waals surface area contributed by atoms with Crippen LogP contribution in [0.15, 0.2) is 40.7 Å². The summed E-state index contributed by atoms with van der Waals surface area (Å²) >= 11 is 1.35. The van der Waals surface area contributed by atoms with Crippen LogP contribution in [0, 0.1) is 5.92 Å². The van der Waals surface area contributed by atoms with Crippen LogP contribution in [0.5, 0.6) is 5.75 Å². The van der Waals surface area contributed by atoms with E-state index in [1.807, 2.05) is 12.1 Å². The molecule has 0 bridgehead atoms. The number of nitrogens with zero attached hydrogens (tertiary/aromatic N) is 4. The lowest BCUT2D eigenvalue weighted by Crippen LogP contribution is -2.46. The first-order chi connectivity index (χ1) is 14.9. The number of hydrogen-bond donors (Lipinski definition) is 2. The Morgan fingerprint density at radius 3 is 2.68 bits per heavy atom. The van der Waals surface area contributed by atoms with E-state index in [9.17, 15) is 9.59 Å². The Balaban J connectivity index is 1.93. The van der Waals surface area contributed by atoms with Crippen LogP contribution < -0.4 is 15.4 Å². The number of tetrazole rings is 1. The van der Waals surface area contributed by atoms with E-state index in [0.717, 1.165) is 5.56 Å². The number of urea groups is 1. The van der Waals surface area contributed by atoms with Gasteiger partial charge in [-0.1, -0.05) is 37.7 Å². The van der Waals surface area contributed by atoms with Crippen molar-refractivity contribution in [3.8, 4) is 5.75 Å². The minimum atomic E-state index is -0.652. The van der Waals surface area contributed by atoms with Crippen molar-refractivity contribution < 1.29 is 19.1 Å². The molecule has 1 aliphatic rings. The molecule has 1 atom stereocenters. The van der Waals surface area contributed by atoms with E-state index >= 15 is 0 Å². The Labute approximate surface area is 184 Å². The SMILES string of the molecule is CCOC(=O)C1=C(CSc2nnnn2CC(C)C)NC(=O)NC1c1ccc(OC)cc1. The number of aromatic nitrogens is 4. The fourth-order valence-corrected chi connectivity index (χ4v) is 3.98. The molecule has 0 fully saturated rings. The van der Waals surface area contributed by atoms with Crippen molar-refractivity contribution in [3.05, 3.63) is 41.1 Å². The van der Waals surface area contributed by atoms with Crippen LogP contribution in [0.1, 0.15) is 32.4 Å². The van der Waals surface area contributed by atoms with E-state index in [1.54, 1.807) is 30.8 Å². The number of amides is 2. The molecule has 0 saturated carbocycles. The second-order valence-corrected chi connectivity index (χ2v) is 8.19. The van der Waals surface area contributed by atoms with Gasteiger partial charge in [0.25, 0.3) is 0 Å². The summed E-state index contributed by atoms with van der Waals surface area (Å²) in [6, 6.07) is 6.12. The Morgan fingerprint density at radius 2 is 2.03 bits per heavy atom. The van der Waals surface area contributed by atoms with E-state index < -0.39 is 18.0 Å². The third-order valence-corrected chi connectivity index (χ3v) is 5.46. The predicted molar refractivity (Wildman–Crippen MR) is 114 cm³/mol. The maximum Gasteiger partial charge on any atom is 0.338 e. The smallest absolute Gasteiger partial charge is 0.338 e. The van der Waals surface area contributed by atoms with E-state index in [4.69, 9.17) is 9.47 Å². The van der Waals surface area contributed by atoms with Crippen molar-refractivity contribution in [2.75, 3.05) is 19.5 Å².